The van der Waals surface area contributed by atoms with Crippen molar-refractivity contribution in [2.24, 2.45) is 5.73 Å². The van der Waals surface area contributed by atoms with E-state index >= 15 is 0 Å². The number of carbonyl (C=O) groups excluding carboxylic acids is 2. The van der Waals surface area contributed by atoms with Gasteiger partial charge in [-0.1, -0.05) is 24.3 Å². The topological polar surface area (TPSA) is 81.4 Å². The Morgan fingerprint density at radius 3 is 2.40 bits per heavy atom. The van der Waals surface area contributed by atoms with Gasteiger partial charge in [0.15, 0.2) is 0 Å². The van der Waals surface area contributed by atoms with E-state index in [1.165, 1.54) is 7.11 Å². The molecule has 110 valence electrons. The van der Waals surface area contributed by atoms with Crippen LogP contribution in [0.25, 0.3) is 0 Å². The van der Waals surface area contributed by atoms with E-state index in [1.54, 1.807) is 0 Å². The molecule has 1 rings (SSSR count). The minimum atomic E-state index is -0.385. The van der Waals surface area contributed by atoms with Gasteiger partial charge in [0.1, 0.15) is 0 Å². The van der Waals surface area contributed by atoms with Crippen LogP contribution >= 0.6 is 0 Å². The number of ether oxygens (including phenoxy) is 1. The summed E-state index contributed by atoms with van der Waals surface area (Å²) in [7, 11) is 1.37. The van der Waals surface area contributed by atoms with Crippen molar-refractivity contribution in [1.29, 1.82) is 0 Å². The Kier molecular flexibility index (Phi) is 5.70. The lowest BCUT2D eigenvalue weighted by Crippen LogP contribution is -2.42. The summed E-state index contributed by atoms with van der Waals surface area (Å²) in [6.45, 7) is 4.40. The second kappa shape index (κ2) is 7.05. The number of methoxy groups -OCH3 is 1. The number of amides is 1. The third kappa shape index (κ3) is 5.40. The number of benzene rings is 1. The maximum Gasteiger partial charge on any atom is 0.309 e. The summed E-state index contributed by atoms with van der Waals surface area (Å²) >= 11 is 0. The number of hydrogen-bond acceptors (Lipinski definition) is 4. The molecule has 0 saturated carbocycles. The number of carbonyl (C=O) groups is 2. The van der Waals surface area contributed by atoms with Crippen molar-refractivity contribution in [2.45, 2.75) is 38.8 Å². The SMILES string of the molecule is COC(=O)Cc1ccccc1CNC(C)(C)CC(N)=O. The van der Waals surface area contributed by atoms with E-state index in [9.17, 15) is 9.59 Å². The van der Waals surface area contributed by atoms with Crippen LogP contribution in [-0.4, -0.2) is 24.5 Å². The molecule has 0 heterocycles. The summed E-state index contributed by atoms with van der Waals surface area (Å²) in [5.41, 5.74) is 6.76. The van der Waals surface area contributed by atoms with E-state index < -0.39 is 0 Å². The summed E-state index contributed by atoms with van der Waals surface area (Å²) in [6.07, 6.45) is 0.497. The molecule has 1 amide bonds. The highest BCUT2D eigenvalue weighted by Crippen LogP contribution is 2.14. The average molecular weight is 278 g/mol. The number of esters is 1. The maximum atomic E-state index is 11.4. The summed E-state index contributed by atoms with van der Waals surface area (Å²) in [5, 5.41) is 3.29. The molecule has 0 saturated heterocycles. The molecule has 0 bridgehead atoms. The zero-order valence-electron chi connectivity index (χ0n) is 12.2. The smallest absolute Gasteiger partial charge is 0.309 e. The van der Waals surface area contributed by atoms with E-state index in [4.69, 9.17) is 5.73 Å². The first-order valence-corrected chi connectivity index (χ1v) is 6.51. The second-order valence-corrected chi connectivity index (χ2v) is 5.40. The van der Waals surface area contributed by atoms with Crippen molar-refractivity contribution in [3.05, 3.63) is 35.4 Å². The summed E-state index contributed by atoms with van der Waals surface area (Å²) in [6, 6.07) is 7.65. The molecule has 0 atom stereocenters. The predicted octanol–water partition coefficient (Wildman–Crippen LogP) is 1.15. The molecule has 5 nitrogen and oxygen atoms in total. The Morgan fingerprint density at radius 2 is 1.85 bits per heavy atom. The largest absolute Gasteiger partial charge is 0.469 e. The van der Waals surface area contributed by atoms with Gasteiger partial charge < -0.3 is 15.8 Å². The lowest BCUT2D eigenvalue weighted by Gasteiger charge is -2.25. The van der Waals surface area contributed by atoms with Crippen LogP contribution in [0.3, 0.4) is 0 Å². The molecule has 0 fully saturated rings. The van der Waals surface area contributed by atoms with Crippen molar-refractivity contribution in [3.63, 3.8) is 0 Å². The van der Waals surface area contributed by atoms with Crippen LogP contribution in [0.15, 0.2) is 24.3 Å². The van der Waals surface area contributed by atoms with Crippen molar-refractivity contribution >= 4 is 11.9 Å². The first kappa shape index (κ1) is 16.2. The van der Waals surface area contributed by atoms with Gasteiger partial charge in [-0.2, -0.15) is 0 Å². The molecule has 0 unspecified atom stereocenters. The molecule has 0 radical (unpaired) electrons. The van der Waals surface area contributed by atoms with Gasteiger partial charge in [-0.25, -0.2) is 0 Å². The highest BCUT2D eigenvalue weighted by Gasteiger charge is 2.20. The first-order chi connectivity index (χ1) is 9.34. The molecule has 1 aromatic rings. The van der Waals surface area contributed by atoms with Crippen LogP contribution in [0.4, 0.5) is 0 Å². The van der Waals surface area contributed by atoms with Crippen LogP contribution in [-0.2, 0) is 27.3 Å². The lowest BCUT2D eigenvalue weighted by molar-refractivity contribution is -0.139. The van der Waals surface area contributed by atoms with Crippen molar-refractivity contribution in [2.75, 3.05) is 7.11 Å². The molecule has 0 aliphatic carbocycles. The van der Waals surface area contributed by atoms with Gasteiger partial charge in [-0.15, -0.1) is 0 Å². The molecule has 1 aromatic carbocycles. The molecule has 0 aliphatic heterocycles. The maximum absolute atomic E-state index is 11.4. The van der Waals surface area contributed by atoms with Crippen LogP contribution in [0.2, 0.25) is 0 Å². The van der Waals surface area contributed by atoms with Crippen molar-refractivity contribution in [1.82, 2.24) is 5.32 Å². The Hall–Kier alpha value is -1.88. The number of nitrogens with one attached hydrogen (secondary N) is 1. The second-order valence-electron chi connectivity index (χ2n) is 5.40. The Balaban J connectivity index is 2.72. The number of primary amides is 1. The van der Waals surface area contributed by atoms with Gasteiger partial charge >= 0.3 is 5.97 Å². The third-order valence-electron chi connectivity index (χ3n) is 3.05. The van der Waals surface area contributed by atoms with Crippen LogP contribution in [0.1, 0.15) is 31.4 Å². The van der Waals surface area contributed by atoms with Gasteiger partial charge in [-0.3, -0.25) is 9.59 Å². The van der Waals surface area contributed by atoms with Gasteiger partial charge in [0.2, 0.25) is 5.91 Å². The zero-order chi connectivity index (χ0) is 15.2. The van der Waals surface area contributed by atoms with E-state index in [1.807, 2.05) is 38.1 Å². The van der Waals surface area contributed by atoms with Crippen LogP contribution < -0.4 is 11.1 Å². The lowest BCUT2D eigenvalue weighted by atomic mass is 9.98. The predicted molar refractivity (Wildman–Crippen MR) is 76.9 cm³/mol. The highest BCUT2D eigenvalue weighted by atomic mass is 16.5. The van der Waals surface area contributed by atoms with E-state index in [2.05, 4.69) is 10.1 Å². The Bertz CT molecular complexity index is 484. The number of hydrogen-bond donors (Lipinski definition) is 2. The fraction of sp³-hybridized carbons (Fsp3) is 0.467. The first-order valence-electron chi connectivity index (χ1n) is 6.51. The molecular weight excluding hydrogens is 256 g/mol. The number of rotatable bonds is 7. The minimum Gasteiger partial charge on any atom is -0.469 e. The Labute approximate surface area is 119 Å². The molecule has 0 aromatic heterocycles. The molecule has 20 heavy (non-hydrogen) atoms. The Morgan fingerprint density at radius 1 is 1.25 bits per heavy atom. The minimum absolute atomic E-state index is 0.241. The molecule has 0 aliphatic rings. The van der Waals surface area contributed by atoms with Crippen molar-refractivity contribution in [3.8, 4) is 0 Å². The van der Waals surface area contributed by atoms with Gasteiger partial charge in [-0.05, 0) is 25.0 Å². The summed E-state index contributed by atoms with van der Waals surface area (Å²) in [4.78, 5) is 22.4. The molecule has 3 N–H and O–H groups in total. The molecule has 5 heteroatoms. The quantitative estimate of drug-likeness (QED) is 0.733. The summed E-state index contributed by atoms with van der Waals surface area (Å²) < 4.78 is 4.69. The van der Waals surface area contributed by atoms with E-state index in [-0.39, 0.29) is 30.3 Å². The highest BCUT2D eigenvalue weighted by molar-refractivity contribution is 5.75. The fourth-order valence-electron chi connectivity index (χ4n) is 1.96. The summed E-state index contributed by atoms with van der Waals surface area (Å²) in [5.74, 6) is -0.612. The average Bonchev–Trinajstić information content (AvgIpc) is 2.36. The van der Waals surface area contributed by atoms with E-state index in [0.717, 1.165) is 11.1 Å². The van der Waals surface area contributed by atoms with Crippen LogP contribution in [0.5, 0.6) is 0 Å². The van der Waals surface area contributed by atoms with Crippen molar-refractivity contribution < 1.29 is 14.3 Å². The van der Waals surface area contributed by atoms with Gasteiger partial charge in [0.05, 0.1) is 13.5 Å². The van der Waals surface area contributed by atoms with Crippen LogP contribution in [0, 0.1) is 0 Å². The van der Waals surface area contributed by atoms with Gasteiger partial charge in [0.25, 0.3) is 0 Å². The standard InChI is InChI=1S/C15H22N2O3/c1-15(2,9-13(16)18)17-10-12-7-5-4-6-11(12)8-14(19)20-3/h4-7,17H,8-10H2,1-3H3,(H2,16,18). The monoisotopic (exact) mass is 278 g/mol. The fourth-order valence-corrected chi connectivity index (χ4v) is 1.96. The number of nitrogens with two attached hydrogens (primary N) is 1. The molecular formula is C15H22N2O3. The normalized spacial score (nSPS) is 11.2. The third-order valence-corrected chi connectivity index (χ3v) is 3.05. The zero-order valence-corrected chi connectivity index (χ0v) is 12.2. The molecule has 0 spiro atoms. The van der Waals surface area contributed by atoms with E-state index in [0.29, 0.717) is 6.54 Å². The van der Waals surface area contributed by atoms with Gasteiger partial charge in [0, 0.05) is 18.5 Å².